The van der Waals surface area contributed by atoms with Crippen LogP contribution in [0.4, 0.5) is 10.1 Å². The smallest absolute Gasteiger partial charge is 0.264 e. The van der Waals surface area contributed by atoms with Gasteiger partial charge in [0.25, 0.3) is 15.9 Å². The van der Waals surface area contributed by atoms with Crippen molar-refractivity contribution in [2.45, 2.75) is 43.1 Å². The number of nitrogens with zero attached hydrogens (tertiary/aromatic N) is 1. The van der Waals surface area contributed by atoms with Gasteiger partial charge >= 0.3 is 0 Å². The van der Waals surface area contributed by atoms with Gasteiger partial charge in [0.2, 0.25) is 0 Å². The molecular formula is C22H27FN2O4S. The molecule has 0 heterocycles. The maximum absolute atomic E-state index is 14.0. The molecule has 0 radical (unpaired) electrons. The Morgan fingerprint density at radius 1 is 1.17 bits per heavy atom. The standard InChI is InChI=1S/C22H27FN2O4S/c1-25(21-13-5-4-12-20(21)23)30(27,28)19-11-6-8-17(16-19)22(26)24-14-7-15-29-18-9-2-3-10-18/h4-6,8,11-13,16,18H,2-3,7,9-10,14-15H2,1H3,(H,24,26). The number of rotatable bonds is 9. The lowest BCUT2D eigenvalue weighted by atomic mass is 10.2. The summed E-state index contributed by atoms with van der Waals surface area (Å²) >= 11 is 0. The quantitative estimate of drug-likeness (QED) is 0.610. The zero-order chi connectivity index (χ0) is 21.6. The molecule has 1 amide bonds. The highest BCUT2D eigenvalue weighted by atomic mass is 32.2. The second-order valence-corrected chi connectivity index (χ2v) is 9.31. The molecule has 0 aromatic heterocycles. The van der Waals surface area contributed by atoms with E-state index >= 15 is 0 Å². The Labute approximate surface area is 177 Å². The van der Waals surface area contributed by atoms with Crippen molar-refractivity contribution in [1.29, 1.82) is 0 Å². The molecule has 0 aliphatic heterocycles. The molecule has 1 N–H and O–H groups in total. The predicted octanol–water partition coefficient (Wildman–Crippen LogP) is 3.73. The van der Waals surface area contributed by atoms with E-state index in [1.165, 1.54) is 56.3 Å². The van der Waals surface area contributed by atoms with E-state index < -0.39 is 15.8 Å². The molecule has 6 nitrogen and oxygen atoms in total. The third-order valence-corrected chi connectivity index (χ3v) is 6.98. The Kier molecular flexibility index (Phi) is 7.44. The van der Waals surface area contributed by atoms with Crippen molar-refractivity contribution >= 4 is 21.6 Å². The number of amides is 1. The molecule has 1 saturated carbocycles. The number of hydrogen-bond donors (Lipinski definition) is 1. The lowest BCUT2D eigenvalue weighted by molar-refractivity contribution is 0.0565. The molecule has 0 saturated heterocycles. The molecule has 2 aromatic rings. The maximum Gasteiger partial charge on any atom is 0.264 e. The Morgan fingerprint density at radius 2 is 1.90 bits per heavy atom. The van der Waals surface area contributed by atoms with Gasteiger partial charge in [0.05, 0.1) is 16.7 Å². The van der Waals surface area contributed by atoms with Crippen LogP contribution >= 0.6 is 0 Å². The first-order chi connectivity index (χ1) is 14.4. The molecule has 0 unspecified atom stereocenters. The average Bonchev–Trinajstić information content (AvgIpc) is 3.27. The van der Waals surface area contributed by atoms with Crippen LogP contribution in [0, 0.1) is 5.82 Å². The summed E-state index contributed by atoms with van der Waals surface area (Å²) in [6.07, 6.45) is 5.67. The Bertz CT molecular complexity index is 975. The number of para-hydroxylation sites is 1. The number of ether oxygens (including phenoxy) is 1. The van der Waals surface area contributed by atoms with Gasteiger partial charge in [-0.1, -0.05) is 31.0 Å². The van der Waals surface area contributed by atoms with Crippen LogP contribution in [-0.4, -0.2) is 40.6 Å². The lowest BCUT2D eigenvalue weighted by Gasteiger charge is -2.20. The number of benzene rings is 2. The first kappa shape index (κ1) is 22.2. The van der Waals surface area contributed by atoms with Crippen LogP contribution in [0.5, 0.6) is 0 Å². The summed E-state index contributed by atoms with van der Waals surface area (Å²) in [4.78, 5) is 12.3. The van der Waals surface area contributed by atoms with Crippen molar-refractivity contribution in [2.75, 3.05) is 24.5 Å². The van der Waals surface area contributed by atoms with Crippen LogP contribution in [0.25, 0.3) is 0 Å². The minimum absolute atomic E-state index is 0.0605. The van der Waals surface area contributed by atoms with E-state index in [4.69, 9.17) is 4.74 Å². The summed E-state index contributed by atoms with van der Waals surface area (Å²) in [6, 6.07) is 11.4. The lowest BCUT2D eigenvalue weighted by Crippen LogP contribution is -2.28. The monoisotopic (exact) mass is 434 g/mol. The Balaban J connectivity index is 1.60. The molecule has 8 heteroatoms. The van der Waals surface area contributed by atoms with Crippen molar-refractivity contribution < 1.29 is 22.3 Å². The zero-order valence-corrected chi connectivity index (χ0v) is 17.8. The van der Waals surface area contributed by atoms with Gasteiger partial charge in [0.15, 0.2) is 0 Å². The summed E-state index contributed by atoms with van der Waals surface area (Å²) < 4.78 is 46.4. The van der Waals surface area contributed by atoms with E-state index in [1.807, 2.05) is 0 Å². The molecule has 1 aliphatic rings. The maximum atomic E-state index is 14.0. The normalized spacial score (nSPS) is 14.6. The van der Waals surface area contributed by atoms with Gasteiger partial charge in [-0.05, 0) is 49.6 Å². The fraction of sp³-hybridized carbons (Fsp3) is 0.409. The van der Waals surface area contributed by atoms with Crippen LogP contribution in [0.1, 0.15) is 42.5 Å². The molecule has 1 fully saturated rings. The predicted molar refractivity (Wildman–Crippen MR) is 114 cm³/mol. The summed E-state index contributed by atoms with van der Waals surface area (Å²) in [7, 11) is -2.73. The molecule has 2 aromatic carbocycles. The number of hydrogen-bond acceptors (Lipinski definition) is 4. The largest absolute Gasteiger partial charge is 0.378 e. The van der Waals surface area contributed by atoms with Gasteiger partial charge < -0.3 is 10.1 Å². The van der Waals surface area contributed by atoms with Crippen LogP contribution in [-0.2, 0) is 14.8 Å². The molecular weight excluding hydrogens is 407 g/mol. The number of anilines is 1. The summed E-state index contributed by atoms with van der Waals surface area (Å²) in [6.45, 7) is 1.03. The van der Waals surface area contributed by atoms with Crippen molar-refractivity contribution in [3.63, 3.8) is 0 Å². The van der Waals surface area contributed by atoms with Gasteiger partial charge in [-0.2, -0.15) is 0 Å². The minimum atomic E-state index is -4.02. The van der Waals surface area contributed by atoms with E-state index in [2.05, 4.69) is 5.32 Å². The SMILES string of the molecule is CN(c1ccccc1F)S(=O)(=O)c1cccc(C(=O)NCCCOC2CCCC2)c1. The van der Waals surface area contributed by atoms with E-state index in [1.54, 1.807) is 12.1 Å². The van der Waals surface area contributed by atoms with Gasteiger partial charge in [0.1, 0.15) is 5.82 Å². The van der Waals surface area contributed by atoms with Crippen molar-refractivity contribution in [3.05, 3.63) is 59.9 Å². The summed E-state index contributed by atoms with van der Waals surface area (Å²) in [5, 5.41) is 2.79. The third-order valence-electron chi connectivity index (χ3n) is 5.21. The van der Waals surface area contributed by atoms with E-state index in [9.17, 15) is 17.6 Å². The van der Waals surface area contributed by atoms with Crippen molar-refractivity contribution in [2.24, 2.45) is 0 Å². The van der Waals surface area contributed by atoms with Gasteiger partial charge in [-0.15, -0.1) is 0 Å². The van der Waals surface area contributed by atoms with Crippen LogP contribution < -0.4 is 9.62 Å². The second-order valence-electron chi connectivity index (χ2n) is 7.34. The highest BCUT2D eigenvalue weighted by molar-refractivity contribution is 7.92. The van der Waals surface area contributed by atoms with Crippen molar-refractivity contribution in [1.82, 2.24) is 5.32 Å². The first-order valence-corrected chi connectivity index (χ1v) is 11.6. The van der Waals surface area contributed by atoms with Crippen LogP contribution in [0.15, 0.2) is 53.4 Å². The number of carbonyl (C=O) groups is 1. The Morgan fingerprint density at radius 3 is 2.63 bits per heavy atom. The van der Waals surface area contributed by atoms with Crippen molar-refractivity contribution in [3.8, 4) is 0 Å². The topological polar surface area (TPSA) is 75.7 Å². The molecule has 0 atom stereocenters. The summed E-state index contributed by atoms with van der Waals surface area (Å²) in [5.41, 5.74) is 0.171. The number of nitrogens with one attached hydrogen (secondary N) is 1. The van der Waals surface area contributed by atoms with Gasteiger partial charge in [-0.3, -0.25) is 9.10 Å². The minimum Gasteiger partial charge on any atom is -0.378 e. The first-order valence-electron chi connectivity index (χ1n) is 10.1. The van der Waals surface area contributed by atoms with Crippen LogP contribution in [0.2, 0.25) is 0 Å². The fourth-order valence-corrected chi connectivity index (χ4v) is 4.72. The number of halogens is 1. The van der Waals surface area contributed by atoms with E-state index in [0.717, 1.165) is 17.1 Å². The molecule has 0 bridgehead atoms. The van der Waals surface area contributed by atoms with Gasteiger partial charge in [0, 0.05) is 25.8 Å². The third kappa shape index (κ3) is 5.37. The number of carbonyl (C=O) groups excluding carboxylic acids is 1. The summed E-state index contributed by atoms with van der Waals surface area (Å²) in [5.74, 6) is -1.00. The van der Waals surface area contributed by atoms with E-state index in [0.29, 0.717) is 25.7 Å². The highest BCUT2D eigenvalue weighted by Crippen LogP contribution is 2.25. The highest BCUT2D eigenvalue weighted by Gasteiger charge is 2.24. The molecule has 162 valence electrons. The Hall–Kier alpha value is -2.45. The van der Waals surface area contributed by atoms with Crippen LogP contribution in [0.3, 0.4) is 0 Å². The van der Waals surface area contributed by atoms with E-state index in [-0.39, 0.29) is 22.1 Å². The second kappa shape index (κ2) is 10.0. The molecule has 0 spiro atoms. The molecule has 1 aliphatic carbocycles. The molecule has 3 rings (SSSR count). The number of sulfonamides is 1. The fourth-order valence-electron chi connectivity index (χ4n) is 3.47. The zero-order valence-electron chi connectivity index (χ0n) is 17.0. The van der Waals surface area contributed by atoms with Gasteiger partial charge in [-0.25, -0.2) is 12.8 Å². The average molecular weight is 435 g/mol. The molecule has 30 heavy (non-hydrogen) atoms.